The summed E-state index contributed by atoms with van der Waals surface area (Å²) in [6.07, 6.45) is 0. The minimum absolute atomic E-state index is 0.259. The fourth-order valence-corrected chi connectivity index (χ4v) is 3.14. The Kier molecular flexibility index (Phi) is 4.68. The number of carbonyl (C=O) groups is 1. The molecule has 6 heteroatoms. The van der Waals surface area contributed by atoms with Crippen molar-refractivity contribution < 1.29 is 14.6 Å². The van der Waals surface area contributed by atoms with E-state index in [1.165, 1.54) is 0 Å². The largest absolute Gasteiger partial charge is 0.489 e. The van der Waals surface area contributed by atoms with Gasteiger partial charge in [0, 0.05) is 5.56 Å². The summed E-state index contributed by atoms with van der Waals surface area (Å²) in [7, 11) is 0. The molecule has 0 atom stereocenters. The van der Waals surface area contributed by atoms with Crippen LogP contribution < -0.4 is 10.3 Å². The molecule has 0 bridgehead atoms. The number of aromatic amines is 1. The number of hydrogen-bond acceptors (Lipinski definition) is 3. The summed E-state index contributed by atoms with van der Waals surface area (Å²) in [5.74, 6) is -0.367. The van der Waals surface area contributed by atoms with Gasteiger partial charge >= 0.3 is 5.97 Å². The normalized spacial score (nSPS) is 10.9. The predicted octanol–water partition coefficient (Wildman–Crippen LogP) is 3.66. The maximum atomic E-state index is 12.3. The van der Waals surface area contributed by atoms with E-state index < -0.39 is 12.5 Å². The summed E-state index contributed by atoms with van der Waals surface area (Å²) in [6.45, 7) is -0.149. The maximum absolute atomic E-state index is 12.3. The van der Waals surface area contributed by atoms with Crippen LogP contribution in [0.3, 0.4) is 0 Å². The molecule has 0 amide bonds. The number of carboxylic acids is 1. The number of H-pyrrole nitrogens is 1. The smallest absolute Gasteiger partial charge is 0.325 e. The van der Waals surface area contributed by atoms with E-state index in [0.717, 1.165) is 21.4 Å². The van der Waals surface area contributed by atoms with Crippen molar-refractivity contribution in [1.29, 1.82) is 0 Å². The third-order valence-corrected chi connectivity index (χ3v) is 4.52. The number of aromatic nitrogens is 2. The Balaban J connectivity index is 1.54. The number of nitrogens with zero attached hydrogens (tertiary/aromatic N) is 1. The number of rotatable bonds is 6. The highest BCUT2D eigenvalue weighted by Crippen LogP contribution is 2.23. The summed E-state index contributed by atoms with van der Waals surface area (Å²) in [6, 6.07) is 23.2. The standard InChI is InChI=1S/C22H18N2O4/c25-20(26)13-24-22(27)19-8-4-7-17(21(19)23-24)14-28-18-11-9-16(10-12-18)15-5-2-1-3-6-15/h1-12,23H,13-14H2,(H,25,26). The van der Waals surface area contributed by atoms with E-state index in [9.17, 15) is 9.59 Å². The van der Waals surface area contributed by atoms with E-state index in [2.05, 4.69) is 17.2 Å². The molecule has 6 nitrogen and oxygen atoms in total. The molecule has 0 aliphatic carbocycles. The van der Waals surface area contributed by atoms with Gasteiger partial charge in [0.05, 0.1) is 10.9 Å². The summed E-state index contributed by atoms with van der Waals surface area (Å²) >= 11 is 0. The molecule has 0 saturated carbocycles. The van der Waals surface area contributed by atoms with E-state index in [0.29, 0.717) is 16.7 Å². The van der Waals surface area contributed by atoms with Gasteiger partial charge in [-0.05, 0) is 29.3 Å². The fraction of sp³-hybridized carbons (Fsp3) is 0.0909. The van der Waals surface area contributed by atoms with E-state index in [1.807, 2.05) is 48.5 Å². The molecule has 0 unspecified atom stereocenters. The van der Waals surface area contributed by atoms with E-state index in [4.69, 9.17) is 9.84 Å². The summed E-state index contributed by atoms with van der Waals surface area (Å²) < 4.78 is 6.96. The van der Waals surface area contributed by atoms with Crippen molar-refractivity contribution in [3.63, 3.8) is 0 Å². The molecule has 1 heterocycles. The van der Waals surface area contributed by atoms with Gasteiger partial charge in [0.1, 0.15) is 18.9 Å². The van der Waals surface area contributed by atoms with Crippen molar-refractivity contribution >= 4 is 16.9 Å². The average Bonchev–Trinajstić information content (AvgIpc) is 3.03. The monoisotopic (exact) mass is 374 g/mol. The van der Waals surface area contributed by atoms with Crippen molar-refractivity contribution in [3.8, 4) is 16.9 Å². The zero-order valence-electron chi connectivity index (χ0n) is 15.0. The van der Waals surface area contributed by atoms with Gasteiger partial charge in [0.15, 0.2) is 0 Å². The average molecular weight is 374 g/mol. The number of fused-ring (bicyclic) bond motifs is 1. The zero-order valence-corrected chi connectivity index (χ0v) is 15.0. The lowest BCUT2D eigenvalue weighted by Gasteiger charge is -2.08. The van der Waals surface area contributed by atoms with Gasteiger partial charge in [-0.1, -0.05) is 54.6 Å². The third-order valence-electron chi connectivity index (χ3n) is 4.52. The highest BCUT2D eigenvalue weighted by atomic mass is 16.5. The molecule has 140 valence electrons. The summed E-state index contributed by atoms with van der Waals surface area (Å²) in [4.78, 5) is 23.2. The predicted molar refractivity (Wildman–Crippen MR) is 106 cm³/mol. The van der Waals surface area contributed by atoms with Crippen LogP contribution in [0, 0.1) is 0 Å². The fourth-order valence-electron chi connectivity index (χ4n) is 3.14. The maximum Gasteiger partial charge on any atom is 0.325 e. The van der Waals surface area contributed by atoms with Crippen LogP contribution in [0.25, 0.3) is 22.0 Å². The Morgan fingerprint density at radius 3 is 2.36 bits per heavy atom. The molecular weight excluding hydrogens is 356 g/mol. The molecule has 28 heavy (non-hydrogen) atoms. The summed E-state index contributed by atoms with van der Waals surface area (Å²) in [5, 5.41) is 12.3. The first-order valence-electron chi connectivity index (χ1n) is 8.82. The van der Waals surface area contributed by atoms with Crippen molar-refractivity contribution in [2.24, 2.45) is 0 Å². The van der Waals surface area contributed by atoms with Crippen LogP contribution in [0.1, 0.15) is 5.56 Å². The minimum Gasteiger partial charge on any atom is -0.489 e. The lowest BCUT2D eigenvalue weighted by atomic mass is 10.1. The van der Waals surface area contributed by atoms with Gasteiger partial charge in [0.2, 0.25) is 0 Å². The summed E-state index contributed by atoms with van der Waals surface area (Å²) in [5.41, 5.74) is 3.26. The molecule has 3 aromatic carbocycles. The van der Waals surface area contributed by atoms with Gasteiger partial charge < -0.3 is 9.84 Å². The number of para-hydroxylation sites is 1. The number of nitrogens with one attached hydrogen (secondary N) is 1. The Labute approximate surface area is 160 Å². The van der Waals surface area contributed by atoms with Crippen molar-refractivity contribution in [1.82, 2.24) is 9.78 Å². The number of ether oxygens (including phenoxy) is 1. The molecule has 0 saturated heterocycles. The van der Waals surface area contributed by atoms with Crippen LogP contribution in [0.15, 0.2) is 77.6 Å². The highest BCUT2D eigenvalue weighted by Gasteiger charge is 2.12. The van der Waals surface area contributed by atoms with Crippen LogP contribution in [0.2, 0.25) is 0 Å². The zero-order chi connectivity index (χ0) is 19.5. The van der Waals surface area contributed by atoms with Crippen LogP contribution in [0.5, 0.6) is 5.75 Å². The number of benzene rings is 3. The SMILES string of the molecule is O=C(O)Cn1[nH]c2c(COc3ccc(-c4ccccc4)cc3)cccc2c1=O. The third kappa shape index (κ3) is 3.53. The lowest BCUT2D eigenvalue weighted by molar-refractivity contribution is -0.137. The molecule has 0 aliphatic heterocycles. The first kappa shape index (κ1) is 17.6. The van der Waals surface area contributed by atoms with Crippen molar-refractivity contribution in [2.75, 3.05) is 0 Å². The van der Waals surface area contributed by atoms with E-state index in [-0.39, 0.29) is 12.2 Å². The molecule has 4 aromatic rings. The number of aliphatic carboxylic acids is 1. The molecule has 0 aliphatic rings. The van der Waals surface area contributed by atoms with Crippen LogP contribution in [-0.4, -0.2) is 20.9 Å². The lowest BCUT2D eigenvalue weighted by Crippen LogP contribution is -2.21. The number of hydrogen-bond donors (Lipinski definition) is 2. The molecule has 0 radical (unpaired) electrons. The molecule has 0 fully saturated rings. The van der Waals surface area contributed by atoms with Crippen molar-refractivity contribution in [2.45, 2.75) is 13.2 Å². The minimum atomic E-state index is -1.08. The second-order valence-electron chi connectivity index (χ2n) is 6.42. The Bertz CT molecular complexity index is 1170. The van der Waals surface area contributed by atoms with Gasteiger partial charge in [-0.3, -0.25) is 14.7 Å². The number of carboxylic acid groups (broad SMARTS) is 1. The quantitative estimate of drug-likeness (QED) is 0.539. The molecule has 1 aromatic heterocycles. The van der Waals surface area contributed by atoms with Gasteiger partial charge in [-0.15, -0.1) is 0 Å². The topological polar surface area (TPSA) is 84.3 Å². The molecule has 2 N–H and O–H groups in total. The van der Waals surface area contributed by atoms with Crippen molar-refractivity contribution in [3.05, 3.63) is 88.7 Å². The van der Waals surface area contributed by atoms with Crippen LogP contribution >= 0.6 is 0 Å². The van der Waals surface area contributed by atoms with Gasteiger partial charge in [-0.25, -0.2) is 4.68 Å². The molecule has 4 rings (SSSR count). The first-order chi connectivity index (χ1) is 13.6. The van der Waals surface area contributed by atoms with Gasteiger partial charge in [-0.2, -0.15) is 0 Å². The Morgan fingerprint density at radius 2 is 1.64 bits per heavy atom. The van der Waals surface area contributed by atoms with E-state index >= 15 is 0 Å². The second-order valence-corrected chi connectivity index (χ2v) is 6.42. The van der Waals surface area contributed by atoms with Gasteiger partial charge in [0.25, 0.3) is 5.56 Å². The second kappa shape index (κ2) is 7.44. The Hall–Kier alpha value is -3.80. The van der Waals surface area contributed by atoms with Crippen LogP contribution in [0.4, 0.5) is 0 Å². The first-order valence-corrected chi connectivity index (χ1v) is 8.82. The molecular formula is C22H18N2O4. The molecule has 0 spiro atoms. The Morgan fingerprint density at radius 1 is 0.929 bits per heavy atom. The highest BCUT2D eigenvalue weighted by molar-refractivity contribution is 5.81. The van der Waals surface area contributed by atoms with E-state index in [1.54, 1.807) is 12.1 Å². The van der Waals surface area contributed by atoms with Crippen LogP contribution in [-0.2, 0) is 17.9 Å².